The van der Waals surface area contributed by atoms with E-state index in [2.05, 4.69) is 10.6 Å². The average molecular weight is 356 g/mol. The Labute approximate surface area is 153 Å². The van der Waals surface area contributed by atoms with Crippen LogP contribution in [0.4, 0.5) is 4.79 Å². The van der Waals surface area contributed by atoms with Crippen LogP contribution in [0.15, 0.2) is 42.5 Å². The summed E-state index contributed by atoms with van der Waals surface area (Å²) < 4.78 is 16.3. The summed E-state index contributed by atoms with van der Waals surface area (Å²) in [6.45, 7) is 0.995. The van der Waals surface area contributed by atoms with Crippen LogP contribution in [0.1, 0.15) is 11.1 Å². The third-order valence-corrected chi connectivity index (χ3v) is 4.39. The van der Waals surface area contributed by atoms with Crippen LogP contribution in [0.5, 0.6) is 17.2 Å². The number of hydrogen-bond donors (Lipinski definition) is 2. The number of urea groups is 1. The van der Waals surface area contributed by atoms with Gasteiger partial charge in [-0.15, -0.1) is 0 Å². The number of amides is 2. The number of carbonyl (C=O) groups is 1. The smallest absolute Gasteiger partial charge is 0.315 e. The standard InChI is InChI=1S/C20H24N2O4/c1-24-17-8-7-14(19(12-17)25-2)9-10-21-20(23)22-16-11-15-5-3-4-6-18(15)26-13-16/h3-8,12,16H,9-11,13H2,1-2H3,(H2,21,22,23). The molecule has 1 heterocycles. The van der Waals surface area contributed by atoms with Gasteiger partial charge in [0.25, 0.3) is 0 Å². The van der Waals surface area contributed by atoms with E-state index in [9.17, 15) is 4.79 Å². The molecule has 0 bridgehead atoms. The normalized spacial score (nSPS) is 15.4. The van der Waals surface area contributed by atoms with E-state index in [1.807, 2.05) is 42.5 Å². The summed E-state index contributed by atoms with van der Waals surface area (Å²) in [5.74, 6) is 2.40. The van der Waals surface area contributed by atoms with Crippen molar-refractivity contribution in [3.8, 4) is 17.2 Å². The van der Waals surface area contributed by atoms with Crippen LogP contribution >= 0.6 is 0 Å². The Balaban J connectivity index is 1.46. The fraction of sp³-hybridized carbons (Fsp3) is 0.350. The van der Waals surface area contributed by atoms with Gasteiger partial charge in [-0.3, -0.25) is 0 Å². The minimum atomic E-state index is -0.189. The molecule has 0 aromatic heterocycles. The predicted octanol–water partition coefficient (Wildman–Crippen LogP) is 2.55. The van der Waals surface area contributed by atoms with Gasteiger partial charge in [0.2, 0.25) is 0 Å². The summed E-state index contributed by atoms with van der Waals surface area (Å²) in [4.78, 5) is 12.1. The monoisotopic (exact) mass is 356 g/mol. The summed E-state index contributed by atoms with van der Waals surface area (Å²) in [6, 6.07) is 13.4. The van der Waals surface area contributed by atoms with Gasteiger partial charge in [0.05, 0.1) is 20.3 Å². The van der Waals surface area contributed by atoms with Gasteiger partial charge in [0.1, 0.15) is 23.9 Å². The molecular weight excluding hydrogens is 332 g/mol. The first-order chi connectivity index (χ1) is 12.7. The maximum Gasteiger partial charge on any atom is 0.315 e. The zero-order chi connectivity index (χ0) is 18.4. The molecule has 1 unspecified atom stereocenters. The number of carbonyl (C=O) groups excluding carboxylic acids is 1. The number of rotatable bonds is 6. The molecule has 6 heteroatoms. The van der Waals surface area contributed by atoms with E-state index in [0.717, 1.165) is 34.8 Å². The lowest BCUT2D eigenvalue weighted by molar-refractivity contribution is 0.214. The molecule has 6 nitrogen and oxygen atoms in total. The first kappa shape index (κ1) is 17.9. The predicted molar refractivity (Wildman–Crippen MR) is 99.2 cm³/mol. The Hall–Kier alpha value is -2.89. The van der Waals surface area contributed by atoms with Crippen LogP contribution in [-0.4, -0.2) is 39.4 Å². The zero-order valence-electron chi connectivity index (χ0n) is 15.1. The molecule has 138 valence electrons. The average Bonchev–Trinajstić information content (AvgIpc) is 2.68. The number of para-hydroxylation sites is 1. The molecule has 2 N–H and O–H groups in total. The fourth-order valence-electron chi connectivity index (χ4n) is 3.03. The largest absolute Gasteiger partial charge is 0.497 e. The molecule has 1 aliphatic rings. The summed E-state index contributed by atoms with van der Waals surface area (Å²) in [5, 5.41) is 5.86. The van der Waals surface area contributed by atoms with Crippen molar-refractivity contribution >= 4 is 6.03 Å². The van der Waals surface area contributed by atoms with Crippen LogP contribution in [0.25, 0.3) is 0 Å². The summed E-state index contributed by atoms with van der Waals surface area (Å²) in [5.41, 5.74) is 2.13. The first-order valence-corrected chi connectivity index (χ1v) is 8.65. The highest BCUT2D eigenvalue weighted by Gasteiger charge is 2.20. The van der Waals surface area contributed by atoms with Crippen molar-refractivity contribution in [2.45, 2.75) is 18.9 Å². The van der Waals surface area contributed by atoms with E-state index in [0.29, 0.717) is 19.6 Å². The lowest BCUT2D eigenvalue weighted by atomic mass is 10.0. The van der Waals surface area contributed by atoms with Gasteiger partial charge in [-0.25, -0.2) is 4.79 Å². The second-order valence-electron chi connectivity index (χ2n) is 6.15. The Morgan fingerprint density at radius 2 is 2.04 bits per heavy atom. The summed E-state index contributed by atoms with van der Waals surface area (Å²) in [7, 11) is 3.24. The van der Waals surface area contributed by atoms with Crippen molar-refractivity contribution in [1.29, 1.82) is 0 Å². The van der Waals surface area contributed by atoms with Crippen molar-refractivity contribution in [1.82, 2.24) is 10.6 Å². The Kier molecular flexibility index (Phi) is 5.84. The maximum atomic E-state index is 12.1. The second kappa shape index (κ2) is 8.47. The van der Waals surface area contributed by atoms with Crippen LogP contribution in [-0.2, 0) is 12.8 Å². The SMILES string of the molecule is COc1ccc(CCNC(=O)NC2COc3ccccc3C2)c(OC)c1. The van der Waals surface area contributed by atoms with Gasteiger partial charge in [-0.1, -0.05) is 24.3 Å². The number of fused-ring (bicyclic) bond motifs is 1. The third kappa shape index (κ3) is 4.39. The summed E-state index contributed by atoms with van der Waals surface area (Å²) >= 11 is 0. The van der Waals surface area contributed by atoms with Crippen molar-refractivity contribution in [2.24, 2.45) is 0 Å². The van der Waals surface area contributed by atoms with Gasteiger partial charge in [-0.2, -0.15) is 0 Å². The van der Waals surface area contributed by atoms with E-state index < -0.39 is 0 Å². The van der Waals surface area contributed by atoms with Crippen LogP contribution < -0.4 is 24.8 Å². The minimum absolute atomic E-state index is 0.0274. The first-order valence-electron chi connectivity index (χ1n) is 8.65. The number of hydrogen-bond acceptors (Lipinski definition) is 4. The van der Waals surface area contributed by atoms with Crippen molar-refractivity contribution in [3.05, 3.63) is 53.6 Å². The van der Waals surface area contributed by atoms with Crippen molar-refractivity contribution in [2.75, 3.05) is 27.4 Å². The van der Waals surface area contributed by atoms with E-state index in [4.69, 9.17) is 14.2 Å². The molecule has 0 saturated heterocycles. The lowest BCUT2D eigenvalue weighted by Gasteiger charge is -2.26. The molecule has 1 atom stereocenters. The van der Waals surface area contributed by atoms with E-state index in [-0.39, 0.29) is 12.1 Å². The molecule has 3 rings (SSSR count). The molecule has 26 heavy (non-hydrogen) atoms. The molecule has 0 fully saturated rings. The van der Waals surface area contributed by atoms with Gasteiger partial charge in [-0.05, 0) is 36.1 Å². The topological polar surface area (TPSA) is 68.8 Å². The number of benzene rings is 2. The third-order valence-electron chi connectivity index (χ3n) is 4.39. The van der Waals surface area contributed by atoms with Gasteiger partial charge in [0.15, 0.2) is 0 Å². The molecule has 2 amide bonds. The Bertz CT molecular complexity index is 763. The molecule has 0 aliphatic carbocycles. The second-order valence-corrected chi connectivity index (χ2v) is 6.15. The minimum Gasteiger partial charge on any atom is -0.497 e. The lowest BCUT2D eigenvalue weighted by Crippen LogP contribution is -2.47. The fourth-order valence-corrected chi connectivity index (χ4v) is 3.03. The molecule has 0 spiro atoms. The molecule has 2 aromatic carbocycles. The zero-order valence-corrected chi connectivity index (χ0v) is 15.1. The summed E-state index contributed by atoms with van der Waals surface area (Å²) in [6.07, 6.45) is 1.44. The highest BCUT2D eigenvalue weighted by atomic mass is 16.5. The van der Waals surface area contributed by atoms with E-state index in [1.54, 1.807) is 14.2 Å². The number of ether oxygens (including phenoxy) is 3. The molecule has 0 saturated carbocycles. The number of methoxy groups -OCH3 is 2. The van der Waals surface area contributed by atoms with E-state index >= 15 is 0 Å². The van der Waals surface area contributed by atoms with Crippen LogP contribution in [0.3, 0.4) is 0 Å². The van der Waals surface area contributed by atoms with Gasteiger partial charge < -0.3 is 24.8 Å². The van der Waals surface area contributed by atoms with Crippen LogP contribution in [0, 0.1) is 0 Å². The van der Waals surface area contributed by atoms with E-state index in [1.165, 1.54) is 0 Å². The highest BCUT2D eigenvalue weighted by Crippen LogP contribution is 2.25. The van der Waals surface area contributed by atoms with Crippen molar-refractivity contribution < 1.29 is 19.0 Å². The van der Waals surface area contributed by atoms with Crippen molar-refractivity contribution in [3.63, 3.8) is 0 Å². The van der Waals surface area contributed by atoms with Gasteiger partial charge >= 0.3 is 6.03 Å². The highest BCUT2D eigenvalue weighted by molar-refractivity contribution is 5.74. The Morgan fingerprint density at radius 3 is 2.85 bits per heavy atom. The van der Waals surface area contributed by atoms with Gasteiger partial charge in [0, 0.05) is 12.6 Å². The number of nitrogens with one attached hydrogen (secondary N) is 2. The molecule has 1 aliphatic heterocycles. The molecular formula is C20H24N2O4. The quantitative estimate of drug-likeness (QED) is 0.835. The Morgan fingerprint density at radius 1 is 1.19 bits per heavy atom. The maximum absolute atomic E-state index is 12.1. The molecule has 2 aromatic rings. The molecule has 0 radical (unpaired) electrons. The van der Waals surface area contributed by atoms with Crippen LogP contribution in [0.2, 0.25) is 0 Å².